The summed E-state index contributed by atoms with van der Waals surface area (Å²) >= 11 is 1.65. The molecule has 0 radical (unpaired) electrons. The number of carbonyl (C=O) groups excluding carboxylic acids is 1. The van der Waals surface area contributed by atoms with Crippen LogP contribution in [0.1, 0.15) is 43.5 Å². The van der Waals surface area contributed by atoms with Crippen LogP contribution in [0.4, 0.5) is 0 Å². The second-order valence-corrected chi connectivity index (χ2v) is 6.04. The van der Waals surface area contributed by atoms with Gasteiger partial charge in [0.15, 0.2) is 0 Å². The summed E-state index contributed by atoms with van der Waals surface area (Å²) in [6, 6.07) is 0. The van der Waals surface area contributed by atoms with E-state index in [9.17, 15) is 4.79 Å². The van der Waals surface area contributed by atoms with E-state index in [4.69, 9.17) is 5.73 Å². The highest BCUT2D eigenvalue weighted by molar-refractivity contribution is 7.11. The van der Waals surface area contributed by atoms with Crippen LogP contribution in [0, 0.1) is 0 Å². The van der Waals surface area contributed by atoms with E-state index >= 15 is 0 Å². The van der Waals surface area contributed by atoms with Crippen molar-refractivity contribution < 1.29 is 4.79 Å². The molecule has 0 aliphatic rings. The van der Waals surface area contributed by atoms with Crippen LogP contribution >= 0.6 is 11.3 Å². The molecule has 5 heteroatoms. The van der Waals surface area contributed by atoms with Crippen LogP contribution in [-0.4, -0.2) is 16.4 Å². The number of carbonyl (C=O) groups is 1. The number of nitrogens with one attached hydrogen (secondary N) is 1. The fourth-order valence-electron chi connectivity index (χ4n) is 1.29. The molecule has 0 spiro atoms. The number of hydrogen-bond donors (Lipinski definition) is 2. The maximum atomic E-state index is 11.5. The lowest BCUT2D eigenvalue weighted by Crippen LogP contribution is -2.34. The smallest absolute Gasteiger partial charge is 0.220 e. The van der Waals surface area contributed by atoms with E-state index in [0.29, 0.717) is 19.4 Å². The molecule has 17 heavy (non-hydrogen) atoms. The highest BCUT2D eigenvalue weighted by Crippen LogP contribution is 2.13. The average Bonchev–Trinajstić information content (AvgIpc) is 2.70. The Hall–Kier alpha value is -0.940. The van der Waals surface area contributed by atoms with Crippen molar-refractivity contribution in [1.82, 2.24) is 10.3 Å². The third kappa shape index (κ3) is 5.79. The van der Waals surface area contributed by atoms with Gasteiger partial charge in [0.25, 0.3) is 0 Å². The maximum Gasteiger partial charge on any atom is 0.220 e. The van der Waals surface area contributed by atoms with Crippen molar-refractivity contribution in [3.8, 4) is 0 Å². The predicted molar refractivity (Wildman–Crippen MR) is 70.8 cm³/mol. The van der Waals surface area contributed by atoms with Crippen LogP contribution in [0.2, 0.25) is 0 Å². The monoisotopic (exact) mass is 255 g/mol. The van der Waals surface area contributed by atoms with Crippen LogP contribution in [0.5, 0.6) is 0 Å². The molecule has 1 amide bonds. The summed E-state index contributed by atoms with van der Waals surface area (Å²) in [4.78, 5) is 17.0. The first-order valence-corrected chi connectivity index (χ1v) is 6.71. The first-order chi connectivity index (χ1) is 7.90. The predicted octanol–water partition coefficient (Wildman–Crippen LogP) is 1.84. The molecule has 0 saturated carbocycles. The van der Waals surface area contributed by atoms with Gasteiger partial charge in [-0.15, -0.1) is 11.3 Å². The standard InChI is InChI=1S/C12H21N3OS/c1-4-9-7-15-11(17-9)8-14-10(16)5-6-12(2,3)13/h7H,4-6,8,13H2,1-3H3,(H,14,16). The van der Waals surface area contributed by atoms with Crippen molar-refractivity contribution in [2.75, 3.05) is 0 Å². The number of amides is 1. The number of aryl methyl sites for hydroxylation is 1. The number of nitrogens with zero attached hydrogens (tertiary/aromatic N) is 1. The van der Waals surface area contributed by atoms with Gasteiger partial charge in [0.05, 0.1) is 6.54 Å². The average molecular weight is 255 g/mol. The SMILES string of the molecule is CCc1cnc(CNC(=O)CCC(C)(C)N)s1. The molecule has 0 unspecified atom stereocenters. The minimum absolute atomic E-state index is 0.0387. The summed E-state index contributed by atoms with van der Waals surface area (Å²) in [5, 5.41) is 3.82. The zero-order valence-corrected chi connectivity index (χ0v) is 11.6. The van der Waals surface area contributed by atoms with E-state index in [-0.39, 0.29) is 11.4 Å². The Morgan fingerprint density at radius 3 is 2.82 bits per heavy atom. The zero-order valence-electron chi connectivity index (χ0n) is 10.7. The Labute approximate surface area is 107 Å². The quantitative estimate of drug-likeness (QED) is 0.815. The van der Waals surface area contributed by atoms with Crippen molar-refractivity contribution in [2.24, 2.45) is 5.73 Å². The van der Waals surface area contributed by atoms with Gasteiger partial charge in [-0.05, 0) is 26.7 Å². The molecule has 0 atom stereocenters. The first-order valence-electron chi connectivity index (χ1n) is 5.90. The Bertz CT molecular complexity index is 368. The summed E-state index contributed by atoms with van der Waals surface area (Å²) in [6.45, 7) is 6.47. The number of nitrogens with two attached hydrogens (primary N) is 1. The van der Waals surface area contributed by atoms with Crippen LogP contribution in [0.15, 0.2) is 6.20 Å². The largest absolute Gasteiger partial charge is 0.350 e. The summed E-state index contributed by atoms with van der Waals surface area (Å²) < 4.78 is 0. The van der Waals surface area contributed by atoms with Crippen molar-refractivity contribution in [3.05, 3.63) is 16.1 Å². The summed E-state index contributed by atoms with van der Waals surface area (Å²) in [5.74, 6) is 0.0387. The molecular weight excluding hydrogens is 234 g/mol. The highest BCUT2D eigenvalue weighted by atomic mass is 32.1. The first kappa shape index (κ1) is 14.1. The van der Waals surface area contributed by atoms with E-state index in [0.717, 1.165) is 11.4 Å². The van der Waals surface area contributed by atoms with Crippen molar-refractivity contribution in [1.29, 1.82) is 0 Å². The third-order valence-corrected chi connectivity index (χ3v) is 3.52. The van der Waals surface area contributed by atoms with E-state index < -0.39 is 0 Å². The second-order valence-electron chi connectivity index (χ2n) is 4.84. The van der Waals surface area contributed by atoms with Gasteiger partial charge in [0, 0.05) is 23.0 Å². The Morgan fingerprint density at radius 1 is 1.59 bits per heavy atom. The summed E-state index contributed by atoms with van der Waals surface area (Å²) in [6.07, 6.45) is 4.02. The minimum Gasteiger partial charge on any atom is -0.350 e. The van der Waals surface area contributed by atoms with Crippen LogP contribution in [0.3, 0.4) is 0 Å². The van der Waals surface area contributed by atoms with E-state index in [1.54, 1.807) is 11.3 Å². The molecule has 0 aromatic carbocycles. The summed E-state index contributed by atoms with van der Waals surface area (Å²) in [5.41, 5.74) is 5.54. The molecule has 4 nitrogen and oxygen atoms in total. The van der Waals surface area contributed by atoms with Gasteiger partial charge in [0.1, 0.15) is 5.01 Å². The second kappa shape index (κ2) is 6.12. The van der Waals surface area contributed by atoms with Crippen molar-refractivity contribution in [3.63, 3.8) is 0 Å². The number of aromatic nitrogens is 1. The van der Waals surface area contributed by atoms with Crippen molar-refractivity contribution >= 4 is 17.2 Å². The molecule has 0 aliphatic carbocycles. The molecular formula is C12H21N3OS. The molecule has 96 valence electrons. The lowest BCUT2D eigenvalue weighted by atomic mass is 10.00. The molecule has 1 heterocycles. The van der Waals surface area contributed by atoms with E-state index in [1.165, 1.54) is 4.88 Å². The van der Waals surface area contributed by atoms with Gasteiger partial charge < -0.3 is 11.1 Å². The zero-order chi connectivity index (χ0) is 12.9. The van der Waals surface area contributed by atoms with Gasteiger partial charge in [0.2, 0.25) is 5.91 Å². The van der Waals surface area contributed by atoms with E-state index in [2.05, 4.69) is 17.2 Å². The third-order valence-electron chi connectivity index (χ3n) is 2.38. The van der Waals surface area contributed by atoms with Crippen molar-refractivity contribution in [2.45, 2.75) is 52.1 Å². The van der Waals surface area contributed by atoms with Crippen LogP contribution in [-0.2, 0) is 17.8 Å². The number of hydrogen-bond acceptors (Lipinski definition) is 4. The van der Waals surface area contributed by atoms with Crippen LogP contribution < -0.4 is 11.1 Å². The lowest BCUT2D eigenvalue weighted by Gasteiger charge is -2.17. The Kier molecular flexibility index (Phi) is 5.08. The fourth-order valence-corrected chi connectivity index (χ4v) is 2.09. The molecule has 1 aromatic rings. The van der Waals surface area contributed by atoms with Crippen LogP contribution in [0.25, 0.3) is 0 Å². The number of thiazole rings is 1. The Balaban J connectivity index is 2.28. The molecule has 0 bridgehead atoms. The minimum atomic E-state index is -0.284. The summed E-state index contributed by atoms with van der Waals surface area (Å²) in [7, 11) is 0. The lowest BCUT2D eigenvalue weighted by molar-refractivity contribution is -0.121. The normalized spacial score (nSPS) is 11.5. The molecule has 1 rings (SSSR count). The van der Waals surface area contributed by atoms with Gasteiger partial charge in [-0.25, -0.2) is 4.98 Å². The fraction of sp³-hybridized carbons (Fsp3) is 0.667. The molecule has 3 N–H and O–H groups in total. The topological polar surface area (TPSA) is 68.0 Å². The van der Waals surface area contributed by atoms with Gasteiger partial charge in [-0.3, -0.25) is 4.79 Å². The Morgan fingerprint density at radius 2 is 2.29 bits per heavy atom. The molecule has 0 aliphatic heterocycles. The van der Waals surface area contributed by atoms with Gasteiger partial charge in [-0.1, -0.05) is 6.92 Å². The van der Waals surface area contributed by atoms with E-state index in [1.807, 2.05) is 20.0 Å². The molecule has 0 saturated heterocycles. The highest BCUT2D eigenvalue weighted by Gasteiger charge is 2.13. The molecule has 1 aromatic heterocycles. The maximum absolute atomic E-state index is 11.5. The molecule has 0 fully saturated rings. The van der Waals surface area contributed by atoms with Gasteiger partial charge in [-0.2, -0.15) is 0 Å². The number of rotatable bonds is 6. The van der Waals surface area contributed by atoms with Gasteiger partial charge >= 0.3 is 0 Å².